The van der Waals surface area contributed by atoms with Crippen molar-refractivity contribution in [1.82, 2.24) is 14.7 Å². The fraction of sp³-hybridized carbons (Fsp3) is 0.300. The molecule has 0 aliphatic heterocycles. The molecule has 1 N–H and O–H groups in total. The molecule has 4 rings (SSSR count). The van der Waals surface area contributed by atoms with Crippen molar-refractivity contribution >= 4 is 11.6 Å². The molecular formula is C20H20FN3O. The Bertz CT molecular complexity index is 901. The van der Waals surface area contributed by atoms with E-state index >= 15 is 0 Å². The molecule has 1 amide bonds. The van der Waals surface area contributed by atoms with Gasteiger partial charge in [-0.2, -0.15) is 0 Å². The third kappa shape index (κ3) is 3.27. The molecule has 0 spiro atoms. The van der Waals surface area contributed by atoms with Gasteiger partial charge >= 0.3 is 0 Å². The lowest BCUT2D eigenvalue weighted by Crippen LogP contribution is -2.35. The molecular weight excluding hydrogens is 317 g/mol. The molecule has 0 fully saturated rings. The summed E-state index contributed by atoms with van der Waals surface area (Å²) in [7, 11) is 0. The zero-order valence-corrected chi connectivity index (χ0v) is 13.9. The number of carbonyl (C=O) groups is 1. The molecule has 0 radical (unpaired) electrons. The Balaban J connectivity index is 1.37. The van der Waals surface area contributed by atoms with Crippen LogP contribution in [0.5, 0.6) is 0 Å². The van der Waals surface area contributed by atoms with E-state index in [1.807, 2.05) is 24.4 Å². The topological polar surface area (TPSA) is 46.4 Å². The maximum Gasteiger partial charge on any atom is 0.223 e. The average Bonchev–Trinajstić information content (AvgIpc) is 3.01. The maximum absolute atomic E-state index is 12.9. The van der Waals surface area contributed by atoms with Crippen LogP contribution < -0.4 is 5.32 Å². The van der Waals surface area contributed by atoms with Gasteiger partial charge in [-0.25, -0.2) is 9.37 Å². The highest BCUT2D eigenvalue weighted by Crippen LogP contribution is 2.26. The van der Waals surface area contributed by atoms with Crippen LogP contribution in [0.3, 0.4) is 0 Å². The normalized spacial score (nSPS) is 16.6. The van der Waals surface area contributed by atoms with Crippen LogP contribution in [-0.2, 0) is 24.1 Å². The van der Waals surface area contributed by atoms with E-state index in [4.69, 9.17) is 0 Å². The number of carbonyl (C=O) groups excluding carboxylic acids is 1. The molecule has 1 aliphatic carbocycles. The summed E-state index contributed by atoms with van der Waals surface area (Å²) in [6.45, 7) is 0.570. The molecule has 0 saturated heterocycles. The molecule has 1 atom stereocenters. The minimum absolute atomic E-state index is 0.0131. The van der Waals surface area contributed by atoms with Crippen LogP contribution in [0.15, 0.2) is 48.7 Å². The van der Waals surface area contributed by atoms with E-state index in [0.29, 0.717) is 13.0 Å². The van der Waals surface area contributed by atoms with Crippen molar-refractivity contribution in [1.29, 1.82) is 0 Å². The minimum atomic E-state index is -0.237. The summed E-state index contributed by atoms with van der Waals surface area (Å²) in [4.78, 5) is 17.2. The lowest BCUT2D eigenvalue weighted by atomic mass is 9.89. The summed E-state index contributed by atoms with van der Waals surface area (Å²) >= 11 is 0. The Kier molecular flexibility index (Phi) is 4.22. The standard InChI is InChI=1S/C20H20FN3O/c21-16-7-4-14(5-8-16)10-11-22-20(25)15-6-9-17-18(13-15)24-12-2-1-3-19(24)23-17/h1-5,7-8,12,15H,6,9-11,13H2,(H,22,25). The maximum atomic E-state index is 12.9. The number of fused-ring (bicyclic) bond motifs is 3. The Hall–Kier alpha value is -2.69. The second-order valence-electron chi connectivity index (χ2n) is 6.54. The molecule has 4 nitrogen and oxygen atoms in total. The number of rotatable bonds is 4. The third-order valence-corrected chi connectivity index (χ3v) is 4.88. The number of nitrogens with zero attached hydrogens (tertiary/aromatic N) is 2. The molecule has 0 saturated carbocycles. The summed E-state index contributed by atoms with van der Waals surface area (Å²) < 4.78 is 15.0. The number of benzene rings is 1. The van der Waals surface area contributed by atoms with E-state index < -0.39 is 0 Å². The number of amides is 1. The molecule has 1 aliphatic rings. The predicted molar refractivity (Wildman–Crippen MR) is 93.8 cm³/mol. The van der Waals surface area contributed by atoms with Gasteiger partial charge in [-0.1, -0.05) is 18.2 Å². The second kappa shape index (κ2) is 6.67. The highest BCUT2D eigenvalue weighted by molar-refractivity contribution is 5.79. The number of halogens is 1. The molecule has 2 aromatic heterocycles. The van der Waals surface area contributed by atoms with E-state index in [1.54, 1.807) is 12.1 Å². The number of aryl methyl sites for hydroxylation is 1. The zero-order chi connectivity index (χ0) is 17.2. The molecule has 128 valence electrons. The van der Waals surface area contributed by atoms with Crippen molar-refractivity contribution in [3.63, 3.8) is 0 Å². The van der Waals surface area contributed by atoms with Crippen molar-refractivity contribution in [3.8, 4) is 0 Å². The van der Waals surface area contributed by atoms with Crippen LogP contribution in [0, 0.1) is 11.7 Å². The molecule has 0 bridgehead atoms. The Morgan fingerprint density at radius 1 is 1.24 bits per heavy atom. The monoisotopic (exact) mass is 337 g/mol. The number of hydrogen-bond acceptors (Lipinski definition) is 2. The fourth-order valence-electron chi connectivity index (χ4n) is 3.51. The Morgan fingerprint density at radius 2 is 2.08 bits per heavy atom. The van der Waals surface area contributed by atoms with Gasteiger partial charge in [0.1, 0.15) is 11.5 Å². The SMILES string of the molecule is O=C(NCCc1ccc(F)cc1)C1CCc2nc3ccccn3c2C1. The lowest BCUT2D eigenvalue weighted by Gasteiger charge is -2.21. The van der Waals surface area contributed by atoms with Crippen molar-refractivity contribution in [2.24, 2.45) is 5.92 Å². The van der Waals surface area contributed by atoms with Gasteiger partial charge in [0.25, 0.3) is 0 Å². The van der Waals surface area contributed by atoms with E-state index in [-0.39, 0.29) is 17.6 Å². The van der Waals surface area contributed by atoms with Crippen molar-refractivity contribution in [2.75, 3.05) is 6.54 Å². The quantitative estimate of drug-likeness (QED) is 0.796. The van der Waals surface area contributed by atoms with Crippen LogP contribution in [-0.4, -0.2) is 21.8 Å². The molecule has 2 heterocycles. The molecule has 5 heteroatoms. The van der Waals surface area contributed by atoms with Gasteiger partial charge in [-0.3, -0.25) is 4.79 Å². The number of hydrogen-bond donors (Lipinski definition) is 1. The van der Waals surface area contributed by atoms with Crippen molar-refractivity contribution in [2.45, 2.75) is 25.7 Å². The molecule has 25 heavy (non-hydrogen) atoms. The van der Waals surface area contributed by atoms with Gasteiger partial charge in [0.05, 0.1) is 5.69 Å². The predicted octanol–water partition coefficient (Wildman–Crippen LogP) is 2.94. The number of aromatic nitrogens is 2. The lowest BCUT2D eigenvalue weighted by molar-refractivity contribution is -0.125. The second-order valence-corrected chi connectivity index (χ2v) is 6.54. The number of nitrogens with one attached hydrogen (secondary N) is 1. The van der Waals surface area contributed by atoms with Crippen LogP contribution in [0.25, 0.3) is 5.65 Å². The Labute approximate surface area is 145 Å². The summed E-state index contributed by atoms with van der Waals surface area (Å²) in [5, 5.41) is 3.02. The Morgan fingerprint density at radius 3 is 2.92 bits per heavy atom. The smallest absolute Gasteiger partial charge is 0.223 e. The largest absolute Gasteiger partial charge is 0.356 e. The van der Waals surface area contributed by atoms with E-state index in [2.05, 4.69) is 14.7 Å². The summed E-state index contributed by atoms with van der Waals surface area (Å²) in [6.07, 6.45) is 5.12. The third-order valence-electron chi connectivity index (χ3n) is 4.88. The van der Waals surface area contributed by atoms with E-state index in [0.717, 1.165) is 41.9 Å². The molecule has 1 aromatic carbocycles. The van der Waals surface area contributed by atoms with Gasteiger partial charge in [0, 0.05) is 30.8 Å². The zero-order valence-electron chi connectivity index (χ0n) is 13.9. The van der Waals surface area contributed by atoms with Crippen LogP contribution in [0.4, 0.5) is 4.39 Å². The van der Waals surface area contributed by atoms with E-state index in [9.17, 15) is 9.18 Å². The van der Waals surface area contributed by atoms with E-state index in [1.165, 1.54) is 12.1 Å². The van der Waals surface area contributed by atoms with Crippen molar-refractivity contribution in [3.05, 3.63) is 71.4 Å². The van der Waals surface area contributed by atoms with Gasteiger partial charge < -0.3 is 9.72 Å². The first-order valence-electron chi connectivity index (χ1n) is 8.68. The van der Waals surface area contributed by atoms with Gasteiger partial charge in [0.15, 0.2) is 0 Å². The van der Waals surface area contributed by atoms with Crippen LogP contribution >= 0.6 is 0 Å². The minimum Gasteiger partial charge on any atom is -0.356 e. The number of pyridine rings is 1. The van der Waals surface area contributed by atoms with Gasteiger partial charge in [-0.05, 0) is 49.1 Å². The van der Waals surface area contributed by atoms with Gasteiger partial charge in [-0.15, -0.1) is 0 Å². The highest BCUT2D eigenvalue weighted by Gasteiger charge is 2.27. The molecule has 3 aromatic rings. The van der Waals surface area contributed by atoms with Crippen LogP contribution in [0.1, 0.15) is 23.4 Å². The first-order chi connectivity index (χ1) is 12.2. The average molecular weight is 337 g/mol. The fourth-order valence-corrected chi connectivity index (χ4v) is 3.51. The summed E-state index contributed by atoms with van der Waals surface area (Å²) in [5.74, 6) is -0.154. The first-order valence-corrected chi connectivity index (χ1v) is 8.68. The summed E-state index contributed by atoms with van der Waals surface area (Å²) in [6, 6.07) is 12.4. The van der Waals surface area contributed by atoms with Gasteiger partial charge in [0.2, 0.25) is 5.91 Å². The highest BCUT2D eigenvalue weighted by atomic mass is 19.1. The summed E-state index contributed by atoms with van der Waals surface area (Å²) in [5.41, 5.74) is 4.24. The number of imidazole rings is 1. The molecule has 1 unspecified atom stereocenters. The van der Waals surface area contributed by atoms with Crippen molar-refractivity contribution < 1.29 is 9.18 Å². The van der Waals surface area contributed by atoms with Crippen LogP contribution in [0.2, 0.25) is 0 Å². The first kappa shape index (κ1) is 15.8.